The van der Waals surface area contributed by atoms with Gasteiger partial charge in [-0.25, -0.2) is 9.18 Å². The van der Waals surface area contributed by atoms with Crippen molar-refractivity contribution in [2.24, 2.45) is 0 Å². The fourth-order valence-corrected chi connectivity index (χ4v) is 3.33. The molecule has 1 aromatic rings. The van der Waals surface area contributed by atoms with Gasteiger partial charge in [-0.1, -0.05) is 6.07 Å². The molecule has 2 heterocycles. The first kappa shape index (κ1) is 16.0. The van der Waals surface area contributed by atoms with E-state index < -0.39 is 6.09 Å². The lowest BCUT2D eigenvalue weighted by Crippen LogP contribution is -2.64. The molecule has 1 unspecified atom stereocenters. The number of rotatable bonds is 2. The van der Waals surface area contributed by atoms with Crippen LogP contribution in [0.5, 0.6) is 0 Å². The topological polar surface area (TPSA) is 50.3 Å². The summed E-state index contributed by atoms with van der Waals surface area (Å²) in [6.07, 6.45) is -1.06. The number of benzene rings is 1. The zero-order chi connectivity index (χ0) is 16.4. The molecule has 2 aliphatic rings. The van der Waals surface area contributed by atoms with Crippen molar-refractivity contribution in [3.05, 3.63) is 30.1 Å². The van der Waals surface area contributed by atoms with Crippen molar-refractivity contribution >= 4 is 11.8 Å². The number of piperazine rings is 2. The van der Waals surface area contributed by atoms with Gasteiger partial charge in [0.15, 0.2) is 0 Å². The highest BCUT2D eigenvalue weighted by molar-refractivity contribution is 5.66. The van der Waals surface area contributed by atoms with Crippen LogP contribution in [0.2, 0.25) is 0 Å². The molecule has 0 aromatic heterocycles. The van der Waals surface area contributed by atoms with Crippen molar-refractivity contribution < 1.29 is 14.3 Å². The van der Waals surface area contributed by atoms with Gasteiger partial charge in [-0.15, -0.1) is 0 Å². The molecule has 1 amide bonds. The minimum atomic E-state index is -0.882. The molecule has 0 spiro atoms. The van der Waals surface area contributed by atoms with Crippen molar-refractivity contribution in [2.45, 2.75) is 6.17 Å². The highest BCUT2D eigenvalue weighted by atomic mass is 19.1. The second-order valence-corrected chi connectivity index (χ2v) is 6.22. The highest BCUT2D eigenvalue weighted by Gasteiger charge is 2.35. The molecule has 1 atom stereocenters. The quantitative estimate of drug-likeness (QED) is 0.887. The Balaban J connectivity index is 1.76. The van der Waals surface area contributed by atoms with E-state index in [4.69, 9.17) is 0 Å². The lowest BCUT2D eigenvalue weighted by atomic mass is 10.2. The Hall–Kier alpha value is -1.86. The largest absolute Gasteiger partial charge is 0.465 e. The molecule has 0 aliphatic carbocycles. The molecule has 6 nitrogen and oxygen atoms in total. The van der Waals surface area contributed by atoms with Crippen LogP contribution in [0.3, 0.4) is 0 Å². The van der Waals surface area contributed by atoms with E-state index in [-0.39, 0.29) is 12.0 Å². The Kier molecular flexibility index (Phi) is 4.68. The molecule has 7 heteroatoms. The third-order valence-electron chi connectivity index (χ3n) is 4.73. The Bertz CT molecular complexity index is 563. The summed E-state index contributed by atoms with van der Waals surface area (Å²) in [6, 6.07) is 6.51. The van der Waals surface area contributed by atoms with E-state index >= 15 is 0 Å². The molecule has 0 bridgehead atoms. The zero-order valence-corrected chi connectivity index (χ0v) is 13.4. The van der Waals surface area contributed by atoms with Crippen LogP contribution in [0, 0.1) is 5.82 Å². The zero-order valence-electron chi connectivity index (χ0n) is 13.4. The molecular weight excluding hydrogens is 299 g/mol. The Morgan fingerprint density at radius 2 is 1.91 bits per heavy atom. The second kappa shape index (κ2) is 6.72. The van der Waals surface area contributed by atoms with Crippen molar-refractivity contribution in [2.75, 3.05) is 57.8 Å². The smallest absolute Gasteiger partial charge is 0.408 e. The third-order valence-corrected chi connectivity index (χ3v) is 4.73. The maximum absolute atomic E-state index is 13.5. The van der Waals surface area contributed by atoms with E-state index in [9.17, 15) is 14.3 Å². The molecule has 0 saturated carbocycles. The molecule has 1 aromatic carbocycles. The summed E-state index contributed by atoms with van der Waals surface area (Å²) in [5.41, 5.74) is 0.814. The summed E-state index contributed by atoms with van der Waals surface area (Å²) >= 11 is 0. The Morgan fingerprint density at radius 3 is 2.57 bits per heavy atom. The first-order valence-electron chi connectivity index (χ1n) is 7.97. The molecule has 0 radical (unpaired) electrons. The molecule has 126 valence electrons. The van der Waals surface area contributed by atoms with E-state index in [1.807, 2.05) is 6.07 Å². The number of halogens is 1. The highest BCUT2D eigenvalue weighted by Crippen LogP contribution is 2.22. The predicted molar refractivity (Wildman–Crippen MR) is 86.2 cm³/mol. The lowest BCUT2D eigenvalue weighted by Gasteiger charge is -2.47. The van der Waals surface area contributed by atoms with E-state index in [0.29, 0.717) is 19.6 Å². The van der Waals surface area contributed by atoms with Crippen LogP contribution >= 0.6 is 0 Å². The van der Waals surface area contributed by atoms with Gasteiger partial charge >= 0.3 is 6.09 Å². The molecular formula is C16H23FN4O2. The van der Waals surface area contributed by atoms with Gasteiger partial charge in [0, 0.05) is 45.0 Å². The SMILES string of the molecule is CN1CCN(C2CN(c3cccc(F)c3)CCN2C(=O)O)CC1. The molecule has 3 rings (SSSR count). The second-order valence-electron chi connectivity index (χ2n) is 6.22. The molecule has 2 saturated heterocycles. The molecule has 2 aliphatic heterocycles. The fourth-order valence-electron chi connectivity index (χ4n) is 3.33. The maximum atomic E-state index is 13.5. The third kappa shape index (κ3) is 3.56. The minimum absolute atomic E-state index is 0.182. The fraction of sp³-hybridized carbons (Fsp3) is 0.562. The Morgan fingerprint density at radius 1 is 1.17 bits per heavy atom. The summed E-state index contributed by atoms with van der Waals surface area (Å²) < 4.78 is 13.5. The van der Waals surface area contributed by atoms with Crippen LogP contribution in [-0.2, 0) is 0 Å². The number of carboxylic acid groups (broad SMARTS) is 1. The molecule has 23 heavy (non-hydrogen) atoms. The van der Waals surface area contributed by atoms with Crippen LogP contribution in [0.4, 0.5) is 14.9 Å². The summed E-state index contributed by atoms with van der Waals surface area (Å²) in [7, 11) is 2.08. The average molecular weight is 322 g/mol. The van der Waals surface area contributed by atoms with Gasteiger partial charge in [0.1, 0.15) is 12.0 Å². The van der Waals surface area contributed by atoms with Crippen molar-refractivity contribution in [3.8, 4) is 0 Å². The van der Waals surface area contributed by atoms with Crippen LogP contribution in [0.25, 0.3) is 0 Å². The minimum Gasteiger partial charge on any atom is -0.465 e. The van der Waals surface area contributed by atoms with Gasteiger partial charge in [0.05, 0.1) is 6.54 Å². The van der Waals surface area contributed by atoms with Gasteiger partial charge in [-0.3, -0.25) is 9.80 Å². The van der Waals surface area contributed by atoms with Crippen LogP contribution in [0.15, 0.2) is 24.3 Å². The normalized spacial score (nSPS) is 24.0. The number of hydrogen-bond donors (Lipinski definition) is 1. The van der Waals surface area contributed by atoms with Gasteiger partial charge in [-0.05, 0) is 25.2 Å². The average Bonchev–Trinajstić information content (AvgIpc) is 2.55. The van der Waals surface area contributed by atoms with Gasteiger partial charge in [-0.2, -0.15) is 0 Å². The predicted octanol–water partition coefficient (Wildman–Crippen LogP) is 1.20. The van der Waals surface area contributed by atoms with Crippen LogP contribution in [-0.4, -0.2) is 84.9 Å². The van der Waals surface area contributed by atoms with Crippen molar-refractivity contribution in [1.82, 2.24) is 14.7 Å². The number of nitrogens with zero attached hydrogens (tertiary/aromatic N) is 4. The number of hydrogen-bond acceptors (Lipinski definition) is 4. The molecule has 2 fully saturated rings. The van der Waals surface area contributed by atoms with Gasteiger partial charge in [0.25, 0.3) is 0 Å². The van der Waals surface area contributed by atoms with Crippen molar-refractivity contribution in [1.29, 1.82) is 0 Å². The van der Waals surface area contributed by atoms with E-state index in [1.165, 1.54) is 17.0 Å². The monoisotopic (exact) mass is 322 g/mol. The summed E-state index contributed by atoms with van der Waals surface area (Å²) in [5.74, 6) is -0.265. The number of likely N-dealkylation sites (N-methyl/N-ethyl adjacent to an activating group) is 1. The van der Waals surface area contributed by atoms with E-state index in [1.54, 1.807) is 6.07 Å². The van der Waals surface area contributed by atoms with Crippen LogP contribution in [0.1, 0.15) is 0 Å². The summed E-state index contributed by atoms with van der Waals surface area (Å²) in [4.78, 5) is 19.6. The van der Waals surface area contributed by atoms with Gasteiger partial charge in [0.2, 0.25) is 0 Å². The van der Waals surface area contributed by atoms with Gasteiger partial charge < -0.3 is 14.9 Å². The van der Waals surface area contributed by atoms with Crippen LogP contribution < -0.4 is 4.90 Å². The number of anilines is 1. The maximum Gasteiger partial charge on any atom is 0.408 e. The standard InChI is InChI=1S/C16H23FN4O2/c1-18-5-7-19(8-6-18)15-12-20(9-10-21(15)16(22)23)14-4-2-3-13(17)11-14/h2-4,11,15H,5-10,12H2,1H3,(H,22,23). The number of amides is 1. The number of carbonyl (C=O) groups is 1. The summed E-state index contributed by atoms with van der Waals surface area (Å²) in [6.45, 7) is 5.15. The van der Waals surface area contributed by atoms with Crippen molar-refractivity contribution in [3.63, 3.8) is 0 Å². The first-order chi connectivity index (χ1) is 11.0. The Labute approximate surface area is 135 Å². The first-order valence-corrected chi connectivity index (χ1v) is 7.97. The lowest BCUT2D eigenvalue weighted by molar-refractivity contribution is 0.0125. The van der Waals surface area contributed by atoms with E-state index in [2.05, 4.69) is 21.7 Å². The summed E-state index contributed by atoms with van der Waals surface area (Å²) in [5, 5.41) is 9.50. The van der Waals surface area contributed by atoms with E-state index in [0.717, 1.165) is 31.9 Å². The molecule has 1 N–H and O–H groups in total.